The number of nitrogens with one attached hydrogen (secondary N) is 3. The molecular weight excluding hydrogens is 234 g/mol. The first-order chi connectivity index (χ1) is 8.65. The summed E-state index contributed by atoms with van der Waals surface area (Å²) in [6.45, 7) is 1.76. The molecule has 2 amide bonds. The van der Waals surface area contributed by atoms with Gasteiger partial charge in [-0.15, -0.1) is 10.2 Å². The summed E-state index contributed by atoms with van der Waals surface area (Å²) in [7, 11) is 0. The summed E-state index contributed by atoms with van der Waals surface area (Å²) in [6.07, 6.45) is 0. The molecular formula is C10H13N7O. The minimum absolute atomic E-state index is 0.336. The Kier molecular flexibility index (Phi) is 3.37. The van der Waals surface area contributed by atoms with Gasteiger partial charge in [0, 0.05) is 11.4 Å². The molecule has 0 aliphatic rings. The van der Waals surface area contributed by atoms with Crippen LogP contribution in [-0.2, 0) is 0 Å². The summed E-state index contributed by atoms with van der Waals surface area (Å²) in [4.78, 5) is 11.7. The quantitative estimate of drug-likeness (QED) is 0.594. The lowest BCUT2D eigenvalue weighted by molar-refractivity contribution is 0.249. The van der Waals surface area contributed by atoms with Crippen molar-refractivity contribution >= 4 is 17.4 Å². The minimum atomic E-state index is -0.350. The molecule has 8 nitrogen and oxygen atoms in total. The second-order valence-corrected chi connectivity index (χ2v) is 3.71. The second-order valence-electron chi connectivity index (χ2n) is 3.71. The maximum absolute atomic E-state index is 11.7. The molecule has 1 atom stereocenters. The van der Waals surface area contributed by atoms with E-state index in [1.165, 1.54) is 0 Å². The van der Waals surface area contributed by atoms with E-state index in [1.807, 2.05) is 0 Å². The summed E-state index contributed by atoms with van der Waals surface area (Å²) in [6, 6.07) is 6.16. The number of nitrogens with two attached hydrogens (primary N) is 1. The van der Waals surface area contributed by atoms with Gasteiger partial charge in [0.05, 0.1) is 6.04 Å². The third-order valence-electron chi connectivity index (χ3n) is 2.27. The minimum Gasteiger partial charge on any atom is -0.399 e. The number of carbonyl (C=O) groups is 1. The molecule has 0 spiro atoms. The monoisotopic (exact) mass is 247 g/mol. The van der Waals surface area contributed by atoms with Gasteiger partial charge in [0.25, 0.3) is 0 Å². The fourth-order valence-electron chi connectivity index (χ4n) is 1.35. The van der Waals surface area contributed by atoms with Gasteiger partial charge in [0.1, 0.15) is 0 Å². The van der Waals surface area contributed by atoms with E-state index in [1.54, 1.807) is 31.2 Å². The van der Waals surface area contributed by atoms with Crippen LogP contribution in [0.25, 0.3) is 0 Å². The lowest BCUT2D eigenvalue weighted by atomic mass is 10.3. The number of rotatable bonds is 3. The Morgan fingerprint density at radius 3 is 2.72 bits per heavy atom. The van der Waals surface area contributed by atoms with Crippen molar-refractivity contribution in [2.75, 3.05) is 11.1 Å². The van der Waals surface area contributed by atoms with Crippen LogP contribution in [0.4, 0.5) is 16.2 Å². The van der Waals surface area contributed by atoms with E-state index in [9.17, 15) is 4.79 Å². The molecule has 1 heterocycles. The number of carbonyl (C=O) groups excluding carboxylic acids is 1. The van der Waals surface area contributed by atoms with Crippen molar-refractivity contribution in [3.8, 4) is 0 Å². The van der Waals surface area contributed by atoms with Gasteiger partial charge in [-0.1, -0.05) is 5.21 Å². The topological polar surface area (TPSA) is 122 Å². The molecule has 0 aliphatic carbocycles. The molecule has 1 aromatic carbocycles. The number of urea groups is 1. The predicted octanol–water partition coefficient (Wildman–Crippen LogP) is 0.665. The first-order valence-electron chi connectivity index (χ1n) is 5.31. The van der Waals surface area contributed by atoms with Crippen molar-refractivity contribution in [2.45, 2.75) is 13.0 Å². The molecule has 2 rings (SSSR count). The molecule has 94 valence electrons. The average Bonchev–Trinajstić information content (AvgIpc) is 2.85. The molecule has 18 heavy (non-hydrogen) atoms. The van der Waals surface area contributed by atoms with Gasteiger partial charge in [0.2, 0.25) is 0 Å². The van der Waals surface area contributed by atoms with Crippen molar-refractivity contribution < 1.29 is 4.79 Å². The lowest BCUT2D eigenvalue weighted by Gasteiger charge is -2.11. The number of benzene rings is 1. The van der Waals surface area contributed by atoms with E-state index in [4.69, 9.17) is 5.73 Å². The Morgan fingerprint density at radius 2 is 2.11 bits per heavy atom. The Bertz CT molecular complexity index is 508. The number of H-pyrrole nitrogens is 1. The van der Waals surface area contributed by atoms with Crippen molar-refractivity contribution in [3.05, 3.63) is 30.1 Å². The molecule has 5 N–H and O–H groups in total. The Balaban J connectivity index is 1.91. The van der Waals surface area contributed by atoms with E-state index in [0.29, 0.717) is 17.2 Å². The van der Waals surface area contributed by atoms with Crippen LogP contribution in [0, 0.1) is 0 Å². The number of tetrazole rings is 1. The van der Waals surface area contributed by atoms with E-state index in [-0.39, 0.29) is 12.1 Å². The summed E-state index contributed by atoms with van der Waals surface area (Å²) in [5.74, 6) is 0.419. The van der Waals surface area contributed by atoms with Gasteiger partial charge >= 0.3 is 6.03 Å². The van der Waals surface area contributed by atoms with Crippen molar-refractivity contribution in [1.82, 2.24) is 25.9 Å². The molecule has 0 bridgehead atoms. The highest BCUT2D eigenvalue weighted by Crippen LogP contribution is 2.11. The van der Waals surface area contributed by atoms with Crippen molar-refractivity contribution in [3.63, 3.8) is 0 Å². The maximum Gasteiger partial charge on any atom is 0.319 e. The summed E-state index contributed by atoms with van der Waals surface area (Å²) in [5.41, 5.74) is 6.84. The number of hydrogen-bond donors (Lipinski definition) is 4. The van der Waals surface area contributed by atoms with Crippen LogP contribution in [-0.4, -0.2) is 26.7 Å². The zero-order valence-corrected chi connectivity index (χ0v) is 9.71. The number of amides is 2. The third-order valence-corrected chi connectivity index (χ3v) is 2.27. The van der Waals surface area contributed by atoms with Gasteiger partial charge in [-0.25, -0.2) is 4.79 Å². The lowest BCUT2D eigenvalue weighted by Crippen LogP contribution is -2.31. The summed E-state index contributed by atoms with van der Waals surface area (Å²) >= 11 is 0. The van der Waals surface area contributed by atoms with Crippen LogP contribution in [0.2, 0.25) is 0 Å². The third kappa shape index (κ3) is 2.94. The number of hydrogen-bond acceptors (Lipinski definition) is 5. The highest BCUT2D eigenvalue weighted by atomic mass is 16.2. The molecule has 0 saturated carbocycles. The SMILES string of the molecule is CC(NC(=O)Nc1ccc(N)cc1)c1nn[nH]n1. The number of anilines is 2. The average molecular weight is 247 g/mol. The molecule has 0 saturated heterocycles. The fourth-order valence-corrected chi connectivity index (χ4v) is 1.35. The number of aromatic nitrogens is 4. The second kappa shape index (κ2) is 5.13. The van der Waals surface area contributed by atoms with Crippen LogP contribution in [0.15, 0.2) is 24.3 Å². The molecule has 1 unspecified atom stereocenters. The zero-order valence-electron chi connectivity index (χ0n) is 9.71. The van der Waals surface area contributed by atoms with Gasteiger partial charge in [-0.05, 0) is 31.2 Å². The highest BCUT2D eigenvalue weighted by Gasteiger charge is 2.13. The van der Waals surface area contributed by atoms with E-state index < -0.39 is 0 Å². The van der Waals surface area contributed by atoms with E-state index in [0.717, 1.165) is 0 Å². The van der Waals surface area contributed by atoms with Gasteiger partial charge in [-0.3, -0.25) is 0 Å². The largest absolute Gasteiger partial charge is 0.399 e. The number of nitrogen functional groups attached to an aromatic ring is 1. The zero-order chi connectivity index (χ0) is 13.0. The van der Waals surface area contributed by atoms with Crippen molar-refractivity contribution in [2.24, 2.45) is 0 Å². The highest BCUT2D eigenvalue weighted by molar-refractivity contribution is 5.89. The van der Waals surface area contributed by atoms with Gasteiger partial charge in [0.15, 0.2) is 5.82 Å². The number of aromatic amines is 1. The first-order valence-corrected chi connectivity index (χ1v) is 5.31. The standard InChI is InChI=1S/C10H13N7O/c1-6(9-14-16-17-15-9)12-10(18)13-8-4-2-7(11)3-5-8/h2-6H,11H2,1H3,(H2,12,13,18)(H,14,15,16,17). The molecule has 0 radical (unpaired) electrons. The Morgan fingerprint density at radius 1 is 1.39 bits per heavy atom. The van der Waals surface area contributed by atoms with Crippen LogP contribution >= 0.6 is 0 Å². The van der Waals surface area contributed by atoms with Crippen LogP contribution in [0.1, 0.15) is 18.8 Å². The number of nitrogens with zero attached hydrogens (tertiary/aromatic N) is 3. The van der Waals surface area contributed by atoms with E-state index in [2.05, 4.69) is 31.3 Å². The summed E-state index contributed by atoms with van der Waals surface area (Å²) < 4.78 is 0. The van der Waals surface area contributed by atoms with Gasteiger partial charge < -0.3 is 16.4 Å². The molecule has 8 heteroatoms. The van der Waals surface area contributed by atoms with Crippen LogP contribution in [0.5, 0.6) is 0 Å². The van der Waals surface area contributed by atoms with Crippen molar-refractivity contribution in [1.29, 1.82) is 0 Å². The molecule has 2 aromatic rings. The molecule has 1 aromatic heterocycles. The maximum atomic E-state index is 11.7. The summed E-state index contributed by atoms with van der Waals surface area (Å²) in [5, 5.41) is 18.7. The normalized spacial score (nSPS) is 11.8. The van der Waals surface area contributed by atoms with Crippen LogP contribution in [0.3, 0.4) is 0 Å². The van der Waals surface area contributed by atoms with Crippen LogP contribution < -0.4 is 16.4 Å². The Hall–Kier alpha value is -2.64. The predicted molar refractivity (Wildman–Crippen MR) is 65.6 cm³/mol. The van der Waals surface area contributed by atoms with Gasteiger partial charge in [-0.2, -0.15) is 5.21 Å². The van der Waals surface area contributed by atoms with E-state index >= 15 is 0 Å². The Labute approximate surface area is 103 Å². The fraction of sp³-hybridized carbons (Fsp3) is 0.200. The smallest absolute Gasteiger partial charge is 0.319 e. The molecule has 0 aliphatic heterocycles. The first kappa shape index (κ1) is 11.8. The molecule has 0 fully saturated rings.